The van der Waals surface area contributed by atoms with E-state index in [9.17, 15) is 26.7 Å². The Bertz CT molecular complexity index is 425. The van der Waals surface area contributed by atoms with E-state index in [1.807, 2.05) is 0 Å². The Hall–Kier alpha value is -1.66. The first-order valence-electron chi connectivity index (χ1n) is 4.39. The summed E-state index contributed by atoms with van der Waals surface area (Å²) in [6.45, 7) is 0.966. The topological polar surface area (TPSA) is 26.3 Å². The van der Waals surface area contributed by atoms with Crippen molar-refractivity contribution in [1.29, 1.82) is 0 Å². The van der Waals surface area contributed by atoms with Gasteiger partial charge in [0, 0.05) is 5.56 Å². The first-order chi connectivity index (χ1) is 7.70. The average Bonchev–Trinajstić information content (AvgIpc) is 2.14. The van der Waals surface area contributed by atoms with Crippen molar-refractivity contribution in [3.63, 3.8) is 0 Å². The van der Waals surface area contributed by atoms with Crippen molar-refractivity contribution in [3.05, 3.63) is 29.3 Å². The lowest BCUT2D eigenvalue weighted by Gasteiger charge is -2.12. The van der Waals surface area contributed by atoms with Crippen molar-refractivity contribution in [3.8, 4) is 5.75 Å². The van der Waals surface area contributed by atoms with E-state index in [4.69, 9.17) is 0 Å². The van der Waals surface area contributed by atoms with Crippen LogP contribution in [0.4, 0.5) is 22.0 Å². The van der Waals surface area contributed by atoms with Gasteiger partial charge >= 0.3 is 6.36 Å². The molecule has 0 spiro atoms. The van der Waals surface area contributed by atoms with Gasteiger partial charge in [-0.3, -0.25) is 4.79 Å². The molecule has 0 aliphatic carbocycles. The Balaban J connectivity index is 3.18. The molecule has 0 amide bonds. The van der Waals surface area contributed by atoms with E-state index >= 15 is 0 Å². The highest BCUT2D eigenvalue weighted by molar-refractivity contribution is 5.97. The number of benzene rings is 1. The van der Waals surface area contributed by atoms with Gasteiger partial charge in [0.1, 0.15) is 5.75 Å². The van der Waals surface area contributed by atoms with Gasteiger partial charge in [0.15, 0.2) is 5.78 Å². The zero-order chi connectivity index (χ0) is 13.2. The molecule has 1 rings (SSSR count). The van der Waals surface area contributed by atoms with Crippen LogP contribution in [0.25, 0.3) is 0 Å². The van der Waals surface area contributed by atoms with Crippen LogP contribution in [0, 0.1) is 0 Å². The Kier molecular flexibility index (Phi) is 3.69. The predicted molar refractivity (Wildman–Crippen MR) is 48.1 cm³/mol. The maximum Gasteiger partial charge on any atom is 0.573 e. The molecule has 1 aromatic rings. The highest BCUT2D eigenvalue weighted by Crippen LogP contribution is 2.30. The maximum atomic E-state index is 12.3. The summed E-state index contributed by atoms with van der Waals surface area (Å²) >= 11 is 0. The summed E-state index contributed by atoms with van der Waals surface area (Å²) in [5.41, 5.74) is -1.06. The van der Waals surface area contributed by atoms with Crippen molar-refractivity contribution < 1.29 is 31.5 Å². The van der Waals surface area contributed by atoms with Crippen molar-refractivity contribution >= 4 is 5.78 Å². The summed E-state index contributed by atoms with van der Waals surface area (Å²) in [6.07, 6.45) is -7.84. The summed E-state index contributed by atoms with van der Waals surface area (Å²) in [5.74, 6) is -1.57. The third-order valence-corrected chi connectivity index (χ3v) is 1.86. The van der Waals surface area contributed by atoms with Gasteiger partial charge in [-0.2, -0.15) is 0 Å². The number of hydrogen-bond acceptors (Lipinski definition) is 2. The van der Waals surface area contributed by atoms with Crippen LogP contribution < -0.4 is 4.74 Å². The lowest BCUT2D eigenvalue weighted by atomic mass is 10.1. The molecule has 0 fully saturated rings. The lowest BCUT2D eigenvalue weighted by molar-refractivity contribution is -0.274. The molecule has 7 heteroatoms. The fourth-order valence-electron chi connectivity index (χ4n) is 1.17. The molecule has 94 valence electrons. The Morgan fingerprint density at radius 3 is 2.29 bits per heavy atom. The number of rotatable bonds is 3. The van der Waals surface area contributed by atoms with Crippen LogP contribution in [0.1, 0.15) is 29.3 Å². The summed E-state index contributed by atoms with van der Waals surface area (Å²) < 4.78 is 64.1. The molecule has 0 saturated carbocycles. The fourth-order valence-corrected chi connectivity index (χ4v) is 1.17. The molecular weight excluding hydrogens is 247 g/mol. The van der Waals surface area contributed by atoms with Crippen LogP contribution in [0.3, 0.4) is 0 Å². The third kappa shape index (κ3) is 3.69. The highest BCUT2D eigenvalue weighted by Gasteiger charge is 2.32. The van der Waals surface area contributed by atoms with Crippen LogP contribution in [0.15, 0.2) is 18.2 Å². The van der Waals surface area contributed by atoms with Gasteiger partial charge in [-0.25, -0.2) is 8.78 Å². The van der Waals surface area contributed by atoms with Crippen LogP contribution in [-0.2, 0) is 0 Å². The van der Waals surface area contributed by atoms with E-state index in [2.05, 4.69) is 4.74 Å². The monoisotopic (exact) mass is 254 g/mol. The lowest BCUT2D eigenvalue weighted by Crippen LogP contribution is -2.18. The van der Waals surface area contributed by atoms with E-state index in [0.29, 0.717) is 12.1 Å². The summed E-state index contributed by atoms with van der Waals surface area (Å²) in [5, 5.41) is 0. The number of carbonyl (C=O) groups excluding carboxylic acids is 1. The SMILES string of the molecule is CC(=O)c1cc(C(F)F)ccc1OC(F)(F)F. The smallest absolute Gasteiger partial charge is 0.405 e. The van der Waals surface area contributed by atoms with Gasteiger partial charge in [-0.15, -0.1) is 13.2 Å². The maximum absolute atomic E-state index is 12.3. The molecule has 1 aromatic carbocycles. The molecule has 0 atom stereocenters. The molecule has 2 nitrogen and oxygen atoms in total. The number of halogens is 5. The van der Waals surface area contributed by atoms with E-state index < -0.39 is 35.4 Å². The van der Waals surface area contributed by atoms with Crippen LogP contribution in [0.2, 0.25) is 0 Å². The summed E-state index contributed by atoms with van der Waals surface area (Å²) in [4.78, 5) is 11.0. The minimum atomic E-state index is -4.98. The van der Waals surface area contributed by atoms with Gasteiger partial charge in [0.2, 0.25) is 0 Å². The standard InChI is InChI=1S/C10H7F5O2/c1-5(16)7-4-6(9(11)12)2-3-8(7)17-10(13,14)15/h2-4,9H,1H3. The third-order valence-electron chi connectivity index (χ3n) is 1.86. The number of hydrogen-bond donors (Lipinski definition) is 0. The molecular formula is C10H7F5O2. The minimum Gasteiger partial charge on any atom is -0.405 e. The number of Topliss-reactive ketones (excluding diaryl/α,β-unsaturated/α-hetero) is 1. The molecule has 17 heavy (non-hydrogen) atoms. The van der Waals surface area contributed by atoms with E-state index in [1.165, 1.54) is 0 Å². The van der Waals surface area contributed by atoms with Crippen LogP contribution >= 0.6 is 0 Å². The molecule has 0 aliphatic rings. The van der Waals surface area contributed by atoms with Crippen molar-refractivity contribution in [2.45, 2.75) is 19.7 Å². The van der Waals surface area contributed by atoms with E-state index in [1.54, 1.807) is 0 Å². The number of ether oxygens (including phenoxy) is 1. The fraction of sp³-hybridized carbons (Fsp3) is 0.300. The minimum absolute atomic E-state index is 0.528. The molecule has 0 radical (unpaired) electrons. The second-order valence-electron chi connectivity index (χ2n) is 3.16. The van der Waals surface area contributed by atoms with Gasteiger partial charge in [-0.1, -0.05) is 0 Å². The molecule has 0 N–H and O–H groups in total. The molecule has 0 unspecified atom stereocenters. The van der Waals surface area contributed by atoms with Gasteiger partial charge < -0.3 is 4.74 Å². The molecule has 0 saturated heterocycles. The van der Waals surface area contributed by atoms with Gasteiger partial charge in [0.25, 0.3) is 6.43 Å². The Morgan fingerprint density at radius 1 is 1.29 bits per heavy atom. The second-order valence-corrected chi connectivity index (χ2v) is 3.16. The van der Waals surface area contributed by atoms with E-state index in [-0.39, 0.29) is 0 Å². The summed E-state index contributed by atoms with van der Waals surface area (Å²) in [6, 6.07) is 2.16. The van der Waals surface area contributed by atoms with Crippen molar-refractivity contribution in [2.24, 2.45) is 0 Å². The molecule has 0 aliphatic heterocycles. The quantitative estimate of drug-likeness (QED) is 0.607. The number of alkyl halides is 5. The predicted octanol–water partition coefficient (Wildman–Crippen LogP) is 3.73. The zero-order valence-corrected chi connectivity index (χ0v) is 8.52. The van der Waals surface area contributed by atoms with Crippen molar-refractivity contribution in [2.75, 3.05) is 0 Å². The van der Waals surface area contributed by atoms with Gasteiger partial charge in [0.05, 0.1) is 5.56 Å². The second kappa shape index (κ2) is 4.68. The highest BCUT2D eigenvalue weighted by atomic mass is 19.4. The number of carbonyl (C=O) groups is 1. The van der Waals surface area contributed by atoms with Crippen molar-refractivity contribution in [1.82, 2.24) is 0 Å². The Morgan fingerprint density at radius 2 is 1.88 bits per heavy atom. The number of ketones is 1. The van der Waals surface area contributed by atoms with Crippen LogP contribution in [-0.4, -0.2) is 12.1 Å². The van der Waals surface area contributed by atoms with E-state index in [0.717, 1.165) is 13.0 Å². The normalized spacial score (nSPS) is 11.7. The molecule has 0 heterocycles. The Labute approximate surface area is 93.0 Å². The first-order valence-corrected chi connectivity index (χ1v) is 4.39. The zero-order valence-electron chi connectivity index (χ0n) is 8.52. The summed E-state index contributed by atoms with van der Waals surface area (Å²) in [7, 11) is 0. The largest absolute Gasteiger partial charge is 0.573 e. The molecule has 0 bridgehead atoms. The first kappa shape index (κ1) is 13.4. The van der Waals surface area contributed by atoms with Gasteiger partial charge in [-0.05, 0) is 25.1 Å². The van der Waals surface area contributed by atoms with Crippen LogP contribution in [0.5, 0.6) is 5.75 Å². The molecule has 0 aromatic heterocycles. The average molecular weight is 254 g/mol.